The molecule has 1 saturated carbocycles. The second-order valence-corrected chi connectivity index (χ2v) is 16.1. The van der Waals surface area contributed by atoms with Crippen LogP contribution in [0, 0.1) is 0 Å². The Morgan fingerprint density at radius 1 is 0.958 bits per heavy atom. The minimum absolute atomic E-state index is 0.256. The van der Waals surface area contributed by atoms with E-state index in [1.54, 1.807) is 65.6 Å². The largest absolute Gasteiger partial charge is 0.456 e. The molecule has 256 valence electrons. The average molecular weight is 715 g/mol. The van der Waals surface area contributed by atoms with Gasteiger partial charge in [-0.25, -0.2) is 17.9 Å². The summed E-state index contributed by atoms with van der Waals surface area (Å²) in [6.45, 7) is 5.68. The summed E-state index contributed by atoms with van der Waals surface area (Å²) < 4.78 is 33.1. The lowest BCUT2D eigenvalue weighted by molar-refractivity contribution is -0.124. The highest BCUT2D eigenvalue weighted by Gasteiger charge is 2.49. The van der Waals surface area contributed by atoms with Gasteiger partial charge in [-0.2, -0.15) is 0 Å². The number of esters is 1. The maximum Gasteiger partial charge on any atom is 0.338 e. The Balaban J connectivity index is 1.50. The van der Waals surface area contributed by atoms with Crippen LogP contribution >= 0.6 is 23.2 Å². The van der Waals surface area contributed by atoms with Crippen molar-refractivity contribution < 1.29 is 27.5 Å². The first-order valence-electron chi connectivity index (χ1n) is 16.1. The van der Waals surface area contributed by atoms with Gasteiger partial charge in [0.05, 0.1) is 23.8 Å². The summed E-state index contributed by atoms with van der Waals surface area (Å²) in [4.78, 5) is 43.1. The van der Waals surface area contributed by atoms with Crippen LogP contribution in [-0.2, 0) is 26.0 Å². The molecule has 2 N–H and O–H groups in total. The topological polar surface area (TPSA) is 122 Å². The van der Waals surface area contributed by atoms with Crippen molar-refractivity contribution in [3.63, 3.8) is 0 Å². The van der Waals surface area contributed by atoms with E-state index in [0.717, 1.165) is 24.7 Å². The molecule has 1 aliphatic heterocycles. The molecule has 0 bridgehead atoms. The summed E-state index contributed by atoms with van der Waals surface area (Å²) in [6, 6.07) is 17.2. The molecule has 1 fully saturated rings. The van der Waals surface area contributed by atoms with Crippen molar-refractivity contribution >= 4 is 51.0 Å². The van der Waals surface area contributed by atoms with Crippen LogP contribution in [-0.4, -0.2) is 61.6 Å². The van der Waals surface area contributed by atoms with Gasteiger partial charge in [0.25, 0.3) is 5.91 Å². The lowest BCUT2D eigenvalue weighted by atomic mass is 9.76. The van der Waals surface area contributed by atoms with Crippen LogP contribution in [0.15, 0.2) is 66.7 Å². The van der Waals surface area contributed by atoms with Crippen LogP contribution in [0.25, 0.3) is 0 Å². The third-order valence-electron chi connectivity index (χ3n) is 8.67. The monoisotopic (exact) mass is 713 g/mol. The van der Waals surface area contributed by atoms with Gasteiger partial charge >= 0.3 is 5.97 Å². The molecule has 2 amide bonds. The van der Waals surface area contributed by atoms with E-state index in [0.29, 0.717) is 51.6 Å². The van der Waals surface area contributed by atoms with E-state index in [1.165, 1.54) is 0 Å². The Labute approximate surface area is 292 Å². The number of sulfonamides is 1. The van der Waals surface area contributed by atoms with Gasteiger partial charge < -0.3 is 15.0 Å². The molecule has 2 aliphatic rings. The molecule has 0 radical (unpaired) electrons. The van der Waals surface area contributed by atoms with Gasteiger partial charge in [-0.15, -0.1) is 0 Å². The highest BCUT2D eigenvalue weighted by atomic mass is 35.5. The zero-order valence-electron chi connectivity index (χ0n) is 27.5. The lowest BCUT2D eigenvalue weighted by Crippen LogP contribution is -2.59. The fourth-order valence-electron chi connectivity index (χ4n) is 6.76. The first kappa shape index (κ1) is 35.9. The third kappa shape index (κ3) is 8.40. The fourth-order valence-corrected chi connectivity index (χ4v) is 8.10. The molecule has 5 rings (SSSR count). The normalized spacial score (nSPS) is 21.4. The molecule has 0 unspecified atom stereocenters. The summed E-state index contributed by atoms with van der Waals surface area (Å²) in [5.74, 6) is -1.91. The quantitative estimate of drug-likeness (QED) is 0.246. The maximum absolute atomic E-state index is 14.4. The predicted molar refractivity (Wildman–Crippen MR) is 187 cm³/mol. The Morgan fingerprint density at radius 2 is 1.69 bits per heavy atom. The molecule has 12 heteroatoms. The highest BCUT2D eigenvalue weighted by molar-refractivity contribution is 7.88. The van der Waals surface area contributed by atoms with Crippen molar-refractivity contribution in [2.75, 3.05) is 12.8 Å². The molecule has 0 aromatic heterocycles. The maximum atomic E-state index is 14.4. The average Bonchev–Trinajstić information content (AvgIpc) is 3.00. The number of benzene rings is 3. The molecule has 4 atom stereocenters. The van der Waals surface area contributed by atoms with E-state index in [1.807, 2.05) is 26.8 Å². The number of carbonyl (C=O) groups excluding carboxylic acids is 3. The van der Waals surface area contributed by atoms with Crippen molar-refractivity contribution in [3.8, 4) is 0 Å². The van der Waals surface area contributed by atoms with E-state index in [4.69, 9.17) is 27.9 Å². The molecule has 9 nitrogen and oxygen atoms in total. The van der Waals surface area contributed by atoms with Gasteiger partial charge in [-0.05, 0) is 87.1 Å². The number of nitrogens with zero attached hydrogens (tertiary/aromatic N) is 1. The summed E-state index contributed by atoms with van der Waals surface area (Å²) in [6.07, 6.45) is 4.23. The molecule has 0 saturated heterocycles. The number of fused-ring (bicyclic) bond motifs is 1. The third-order valence-corrected chi connectivity index (χ3v) is 9.96. The number of nitrogens with one attached hydrogen (secondary N) is 2. The van der Waals surface area contributed by atoms with E-state index < -0.39 is 45.6 Å². The number of carbonyl (C=O) groups is 3. The molecule has 1 aliphatic carbocycles. The highest BCUT2D eigenvalue weighted by Crippen LogP contribution is 2.47. The zero-order chi connectivity index (χ0) is 34.8. The molecule has 3 aromatic carbocycles. The molecular formula is C36H41Cl2N3O6S. The van der Waals surface area contributed by atoms with Crippen molar-refractivity contribution in [1.82, 2.24) is 14.9 Å². The Hall–Kier alpha value is -3.44. The summed E-state index contributed by atoms with van der Waals surface area (Å²) in [5, 5.41) is 3.77. The molecule has 0 spiro atoms. The minimum Gasteiger partial charge on any atom is -0.456 e. The summed E-state index contributed by atoms with van der Waals surface area (Å²) >= 11 is 13.1. The van der Waals surface area contributed by atoms with E-state index in [-0.39, 0.29) is 18.4 Å². The van der Waals surface area contributed by atoms with Crippen molar-refractivity contribution in [2.45, 2.75) is 82.5 Å². The lowest BCUT2D eigenvalue weighted by Gasteiger charge is -2.49. The van der Waals surface area contributed by atoms with Crippen LogP contribution in [0.1, 0.15) is 95.8 Å². The number of amides is 2. The minimum atomic E-state index is -3.59. The van der Waals surface area contributed by atoms with Gasteiger partial charge in [0.1, 0.15) is 5.60 Å². The second-order valence-electron chi connectivity index (χ2n) is 13.5. The fraction of sp³-hybridized carbons (Fsp3) is 0.417. The predicted octanol–water partition coefficient (Wildman–Crippen LogP) is 6.45. The van der Waals surface area contributed by atoms with E-state index in [2.05, 4.69) is 10.0 Å². The van der Waals surface area contributed by atoms with Crippen LogP contribution in [0.2, 0.25) is 10.0 Å². The standard InChI is InChI=1S/C36H41Cl2N3O6S/c1-36(2,3)47-35(44)23-11-9-10-22(20-23)18-19-39-33(42)31-25-12-5-6-13-26(25)34(43)41(32(31)27-17-16-24(37)21-28(27)38)30-15-8-7-14-29(30)40-48(4,45)46/h5-6,9-13,16-17,20-21,29-32,40H,7-8,14-15,18-19H2,1-4H3,(H,39,42)/t29-,30-,31+,32-/m0/s1. The van der Waals surface area contributed by atoms with Crippen LogP contribution in [0.5, 0.6) is 0 Å². The van der Waals surface area contributed by atoms with Gasteiger partial charge in [0, 0.05) is 34.2 Å². The Kier molecular flexibility index (Phi) is 10.9. The van der Waals surface area contributed by atoms with E-state index in [9.17, 15) is 22.8 Å². The number of rotatable bonds is 9. The van der Waals surface area contributed by atoms with Gasteiger partial charge in [0.15, 0.2) is 0 Å². The SMILES string of the molecule is CC(C)(C)OC(=O)c1cccc(CCNC(=O)[C@@H]2c3ccccc3C(=O)N([C@H]3CCCC[C@@H]3NS(C)(=O)=O)[C@H]2c2ccc(Cl)cc2Cl)c1. The molecule has 1 heterocycles. The number of hydrogen-bond donors (Lipinski definition) is 2. The van der Waals surface area contributed by atoms with Crippen molar-refractivity contribution in [1.29, 1.82) is 0 Å². The van der Waals surface area contributed by atoms with Crippen LogP contribution < -0.4 is 10.0 Å². The molecule has 48 heavy (non-hydrogen) atoms. The van der Waals surface area contributed by atoms with Crippen LogP contribution in [0.3, 0.4) is 0 Å². The van der Waals surface area contributed by atoms with Crippen LogP contribution in [0.4, 0.5) is 0 Å². The summed E-state index contributed by atoms with van der Waals surface area (Å²) in [7, 11) is -3.59. The zero-order valence-corrected chi connectivity index (χ0v) is 29.8. The van der Waals surface area contributed by atoms with Gasteiger partial charge in [0.2, 0.25) is 15.9 Å². The Bertz CT molecular complexity index is 1810. The van der Waals surface area contributed by atoms with E-state index >= 15 is 0 Å². The first-order chi connectivity index (χ1) is 22.6. The van der Waals surface area contributed by atoms with Gasteiger partial charge in [-0.3, -0.25) is 9.59 Å². The Morgan fingerprint density at radius 3 is 2.40 bits per heavy atom. The van der Waals surface area contributed by atoms with Crippen molar-refractivity contribution in [2.24, 2.45) is 0 Å². The number of halogens is 2. The second kappa shape index (κ2) is 14.6. The molecular weight excluding hydrogens is 673 g/mol. The van der Waals surface area contributed by atoms with Crippen molar-refractivity contribution in [3.05, 3.63) is 105 Å². The summed E-state index contributed by atoms with van der Waals surface area (Å²) in [5.41, 5.74) is 2.11. The molecule has 3 aromatic rings. The number of hydrogen-bond acceptors (Lipinski definition) is 6. The number of ether oxygens (including phenoxy) is 1. The smallest absolute Gasteiger partial charge is 0.338 e. The first-order valence-corrected chi connectivity index (χ1v) is 18.7. The van der Waals surface area contributed by atoms with Gasteiger partial charge in [-0.1, -0.05) is 72.4 Å².